The fourth-order valence-corrected chi connectivity index (χ4v) is 5.00. The molecular weight excluding hydrogens is 362 g/mol. The Bertz CT molecular complexity index is 904. The van der Waals surface area contributed by atoms with Gasteiger partial charge in [0.15, 0.2) is 5.11 Å². The first-order chi connectivity index (χ1) is 12.4. The second-order valence-electron chi connectivity index (χ2n) is 6.95. The van der Waals surface area contributed by atoms with Crippen molar-refractivity contribution in [1.29, 1.82) is 5.26 Å². The molecule has 0 bridgehead atoms. The number of aryl methyl sites for hydroxylation is 2. The highest BCUT2D eigenvalue weighted by atomic mass is 32.1. The molecule has 1 heterocycles. The van der Waals surface area contributed by atoms with Crippen LogP contribution in [0.1, 0.15) is 50.8 Å². The van der Waals surface area contributed by atoms with E-state index >= 15 is 0 Å². The number of fused-ring (bicyclic) bond motifs is 1. The predicted octanol–water partition coefficient (Wildman–Crippen LogP) is 4.49. The summed E-state index contributed by atoms with van der Waals surface area (Å²) in [6.45, 7) is 6.14. The van der Waals surface area contributed by atoms with Crippen LogP contribution in [0.5, 0.6) is 0 Å². The molecule has 0 radical (unpaired) electrons. The SMILES string of the molecule is Cc1cc(C)cc(C(=O)NC(=S)Nc2sc3c(c2C#N)CCC(C)C3)c1. The van der Waals surface area contributed by atoms with Crippen LogP contribution in [0.2, 0.25) is 0 Å². The van der Waals surface area contributed by atoms with Gasteiger partial charge in [-0.1, -0.05) is 24.1 Å². The van der Waals surface area contributed by atoms with Crippen molar-refractivity contribution in [2.75, 3.05) is 5.32 Å². The average Bonchev–Trinajstić information content (AvgIpc) is 2.89. The molecule has 3 rings (SSSR count). The third kappa shape index (κ3) is 3.95. The molecule has 4 nitrogen and oxygen atoms in total. The maximum Gasteiger partial charge on any atom is 0.257 e. The number of nitriles is 1. The van der Waals surface area contributed by atoms with Gasteiger partial charge in [0.25, 0.3) is 5.91 Å². The molecule has 0 spiro atoms. The number of rotatable bonds is 2. The van der Waals surface area contributed by atoms with E-state index in [0.29, 0.717) is 17.0 Å². The number of benzene rings is 1. The highest BCUT2D eigenvalue weighted by Crippen LogP contribution is 2.39. The standard InChI is InChI=1S/C20H21N3OS2/c1-11-4-5-15-16(10-21)19(26-17(15)9-11)23-20(25)22-18(24)14-7-12(2)6-13(3)8-14/h6-8,11H,4-5,9H2,1-3H3,(H2,22,23,24,25). The quantitative estimate of drug-likeness (QED) is 0.750. The second-order valence-corrected chi connectivity index (χ2v) is 8.47. The van der Waals surface area contributed by atoms with Crippen molar-refractivity contribution in [1.82, 2.24) is 5.32 Å². The maximum atomic E-state index is 12.4. The van der Waals surface area contributed by atoms with Crippen molar-refractivity contribution in [3.8, 4) is 6.07 Å². The molecule has 1 aliphatic rings. The number of thiophene rings is 1. The van der Waals surface area contributed by atoms with Gasteiger partial charge in [-0.15, -0.1) is 11.3 Å². The smallest absolute Gasteiger partial charge is 0.257 e. The van der Waals surface area contributed by atoms with Gasteiger partial charge >= 0.3 is 0 Å². The number of amides is 1. The Morgan fingerprint density at radius 1 is 1.31 bits per heavy atom. The molecule has 0 aliphatic heterocycles. The second kappa shape index (κ2) is 7.56. The third-order valence-corrected chi connectivity index (χ3v) is 5.94. The van der Waals surface area contributed by atoms with Gasteiger partial charge in [0.05, 0.1) is 5.56 Å². The van der Waals surface area contributed by atoms with Crippen LogP contribution in [-0.4, -0.2) is 11.0 Å². The summed E-state index contributed by atoms with van der Waals surface area (Å²) in [6, 6.07) is 7.98. The molecule has 0 saturated heterocycles. The molecule has 6 heteroatoms. The van der Waals surface area contributed by atoms with E-state index in [-0.39, 0.29) is 11.0 Å². The summed E-state index contributed by atoms with van der Waals surface area (Å²) in [6.07, 6.45) is 3.03. The minimum Gasteiger partial charge on any atom is -0.323 e. The van der Waals surface area contributed by atoms with E-state index in [1.54, 1.807) is 11.3 Å². The molecule has 1 aromatic carbocycles. The number of carbonyl (C=O) groups is 1. The first-order valence-electron chi connectivity index (χ1n) is 8.62. The number of thiocarbonyl (C=S) groups is 1. The van der Waals surface area contributed by atoms with Crippen LogP contribution < -0.4 is 10.6 Å². The molecule has 1 amide bonds. The lowest BCUT2D eigenvalue weighted by molar-refractivity contribution is 0.0977. The number of anilines is 1. The highest BCUT2D eigenvalue weighted by Gasteiger charge is 2.24. The molecule has 1 aromatic heterocycles. The molecular formula is C20H21N3OS2. The Kier molecular flexibility index (Phi) is 5.40. The van der Waals surface area contributed by atoms with Crippen molar-refractivity contribution in [2.45, 2.75) is 40.0 Å². The van der Waals surface area contributed by atoms with E-state index in [1.807, 2.05) is 32.0 Å². The minimum atomic E-state index is -0.247. The summed E-state index contributed by atoms with van der Waals surface area (Å²) >= 11 is 6.88. The molecule has 2 aromatic rings. The maximum absolute atomic E-state index is 12.4. The van der Waals surface area contributed by atoms with Crippen LogP contribution in [0.4, 0.5) is 5.00 Å². The van der Waals surface area contributed by atoms with E-state index in [4.69, 9.17) is 12.2 Å². The summed E-state index contributed by atoms with van der Waals surface area (Å²) in [4.78, 5) is 13.7. The van der Waals surface area contributed by atoms with Gasteiger partial charge in [-0.25, -0.2) is 0 Å². The normalized spacial score (nSPS) is 15.7. The van der Waals surface area contributed by atoms with Crippen molar-refractivity contribution in [3.63, 3.8) is 0 Å². The largest absolute Gasteiger partial charge is 0.323 e. The Balaban J connectivity index is 1.74. The molecule has 26 heavy (non-hydrogen) atoms. The lowest BCUT2D eigenvalue weighted by atomic mass is 9.89. The van der Waals surface area contributed by atoms with Gasteiger partial charge in [-0.3, -0.25) is 10.1 Å². The van der Waals surface area contributed by atoms with Gasteiger partial charge < -0.3 is 5.32 Å². The summed E-state index contributed by atoms with van der Waals surface area (Å²) in [5.41, 5.74) is 4.44. The van der Waals surface area contributed by atoms with Gasteiger partial charge in [0, 0.05) is 10.4 Å². The Morgan fingerprint density at radius 2 is 2.00 bits per heavy atom. The number of hydrogen-bond acceptors (Lipinski definition) is 4. The van der Waals surface area contributed by atoms with E-state index in [1.165, 1.54) is 4.88 Å². The molecule has 1 atom stereocenters. The van der Waals surface area contributed by atoms with Crippen molar-refractivity contribution in [2.24, 2.45) is 5.92 Å². The minimum absolute atomic E-state index is 0.220. The van der Waals surface area contributed by atoms with Gasteiger partial charge in [0.1, 0.15) is 11.1 Å². The summed E-state index contributed by atoms with van der Waals surface area (Å²) < 4.78 is 0. The topological polar surface area (TPSA) is 64.9 Å². The first kappa shape index (κ1) is 18.6. The van der Waals surface area contributed by atoms with Crippen molar-refractivity contribution < 1.29 is 4.79 Å². The Labute approximate surface area is 163 Å². The zero-order valence-electron chi connectivity index (χ0n) is 15.1. The lowest BCUT2D eigenvalue weighted by Crippen LogP contribution is -2.34. The van der Waals surface area contributed by atoms with E-state index in [9.17, 15) is 10.1 Å². The molecule has 1 unspecified atom stereocenters. The number of nitrogens with zero attached hydrogens (tertiary/aromatic N) is 1. The Morgan fingerprint density at radius 3 is 2.65 bits per heavy atom. The van der Waals surface area contributed by atoms with Gasteiger partial charge in [0.2, 0.25) is 0 Å². The van der Waals surface area contributed by atoms with E-state index in [2.05, 4.69) is 23.6 Å². The monoisotopic (exact) mass is 383 g/mol. The summed E-state index contributed by atoms with van der Waals surface area (Å²) in [5, 5.41) is 16.3. The molecule has 0 saturated carbocycles. The van der Waals surface area contributed by atoms with E-state index < -0.39 is 0 Å². The average molecular weight is 384 g/mol. The number of carbonyl (C=O) groups excluding carboxylic acids is 1. The van der Waals surface area contributed by atoms with E-state index in [0.717, 1.165) is 41.0 Å². The highest BCUT2D eigenvalue weighted by molar-refractivity contribution is 7.80. The fraction of sp³-hybridized carbons (Fsp3) is 0.350. The van der Waals surface area contributed by atoms with Crippen LogP contribution in [0, 0.1) is 31.1 Å². The predicted molar refractivity (Wildman–Crippen MR) is 110 cm³/mol. The molecule has 1 aliphatic carbocycles. The van der Waals surface area contributed by atoms with Crippen molar-refractivity contribution in [3.05, 3.63) is 50.9 Å². The van der Waals surface area contributed by atoms with Crippen LogP contribution >= 0.6 is 23.6 Å². The summed E-state index contributed by atoms with van der Waals surface area (Å²) in [5.74, 6) is 0.388. The molecule has 2 N–H and O–H groups in total. The fourth-order valence-electron chi connectivity index (χ4n) is 3.37. The lowest BCUT2D eigenvalue weighted by Gasteiger charge is -2.17. The van der Waals surface area contributed by atoms with Crippen LogP contribution in [0.15, 0.2) is 18.2 Å². The van der Waals surface area contributed by atoms with Crippen LogP contribution in [-0.2, 0) is 12.8 Å². The third-order valence-electron chi connectivity index (χ3n) is 4.56. The summed E-state index contributed by atoms with van der Waals surface area (Å²) in [7, 11) is 0. The Hall–Kier alpha value is -2.23. The van der Waals surface area contributed by atoms with Gasteiger partial charge in [-0.2, -0.15) is 5.26 Å². The number of nitrogens with one attached hydrogen (secondary N) is 2. The van der Waals surface area contributed by atoms with Crippen LogP contribution in [0.3, 0.4) is 0 Å². The first-order valence-corrected chi connectivity index (χ1v) is 9.85. The zero-order chi connectivity index (χ0) is 18.8. The molecule has 0 fully saturated rings. The van der Waals surface area contributed by atoms with Crippen molar-refractivity contribution >= 4 is 39.6 Å². The zero-order valence-corrected chi connectivity index (χ0v) is 16.7. The molecule has 134 valence electrons. The van der Waals surface area contributed by atoms with Crippen LogP contribution in [0.25, 0.3) is 0 Å². The number of hydrogen-bond donors (Lipinski definition) is 2. The van der Waals surface area contributed by atoms with Gasteiger partial charge in [-0.05, 0) is 68.9 Å².